The van der Waals surface area contributed by atoms with Crippen LogP contribution in [-0.4, -0.2) is 11.5 Å². The first-order valence-electron chi connectivity index (χ1n) is 7.08. The third kappa shape index (κ3) is 3.53. The number of aryl methyl sites for hydroxylation is 1. The molecule has 0 saturated carbocycles. The van der Waals surface area contributed by atoms with Crippen molar-refractivity contribution < 1.29 is 0 Å². The molecule has 3 N–H and O–H groups in total. The highest BCUT2D eigenvalue weighted by Gasteiger charge is 2.16. The van der Waals surface area contributed by atoms with E-state index in [0.29, 0.717) is 17.7 Å². The van der Waals surface area contributed by atoms with Gasteiger partial charge < -0.3 is 10.7 Å². The number of hydrogen-bond acceptors (Lipinski definition) is 5. The number of nitrogen functional groups attached to an aromatic ring is 1. The molecule has 0 fully saturated rings. The SMILES string of the molecule is N#Cc1c(N)[nH]c(=S)c(C#N)c1-c1ccc(CCCN=[N+]=[N-])cc1. The topological polar surface area (TPSA) is 138 Å². The average molecular weight is 335 g/mol. The molecule has 0 unspecified atom stereocenters. The van der Waals surface area contributed by atoms with E-state index >= 15 is 0 Å². The lowest BCUT2D eigenvalue weighted by Crippen LogP contribution is -2.01. The molecule has 0 aliphatic heterocycles. The summed E-state index contributed by atoms with van der Waals surface area (Å²) in [7, 11) is 0. The second-order valence-corrected chi connectivity index (χ2v) is 5.38. The van der Waals surface area contributed by atoms with Crippen molar-refractivity contribution in [3.63, 3.8) is 0 Å². The predicted octanol–water partition coefficient (Wildman–Crippen LogP) is 3.98. The molecule has 118 valence electrons. The van der Waals surface area contributed by atoms with Crippen LogP contribution in [-0.2, 0) is 6.42 Å². The Hall–Kier alpha value is -3.32. The number of nitrogens with zero attached hydrogens (tertiary/aromatic N) is 5. The number of nitrogens with one attached hydrogen (secondary N) is 1. The first-order valence-corrected chi connectivity index (χ1v) is 7.49. The molecule has 2 aromatic rings. The lowest BCUT2D eigenvalue weighted by molar-refractivity contribution is 0.827. The highest BCUT2D eigenvalue weighted by molar-refractivity contribution is 7.71. The zero-order valence-electron chi connectivity index (χ0n) is 12.7. The molecule has 0 aliphatic rings. The minimum atomic E-state index is 0.148. The Labute approximate surface area is 143 Å². The Morgan fingerprint density at radius 2 is 1.88 bits per heavy atom. The van der Waals surface area contributed by atoms with Crippen molar-refractivity contribution >= 4 is 18.0 Å². The molecular weight excluding hydrogens is 322 g/mol. The number of aromatic amines is 1. The van der Waals surface area contributed by atoms with Crippen LogP contribution < -0.4 is 5.73 Å². The van der Waals surface area contributed by atoms with Gasteiger partial charge in [0.25, 0.3) is 0 Å². The lowest BCUT2D eigenvalue weighted by atomic mass is 9.95. The zero-order chi connectivity index (χ0) is 17.5. The summed E-state index contributed by atoms with van der Waals surface area (Å²) in [6, 6.07) is 11.5. The summed E-state index contributed by atoms with van der Waals surface area (Å²) in [4.78, 5) is 5.39. The van der Waals surface area contributed by atoms with Gasteiger partial charge in [-0.1, -0.05) is 41.6 Å². The quantitative estimate of drug-likeness (QED) is 0.280. The monoisotopic (exact) mass is 335 g/mol. The standard InChI is InChI=1S/C16H13N7S/c17-8-12-14(13(9-18)16(24)22-15(12)19)11-5-3-10(4-6-11)2-1-7-21-23-20/h3-6H,1-2,7H2,(H3,19,22,24). The molecular formula is C16H13N7S. The van der Waals surface area contributed by atoms with Gasteiger partial charge >= 0.3 is 0 Å². The summed E-state index contributed by atoms with van der Waals surface area (Å²) < 4.78 is 0.211. The van der Waals surface area contributed by atoms with Crippen LogP contribution in [0.5, 0.6) is 0 Å². The number of H-pyrrole nitrogens is 1. The van der Waals surface area contributed by atoms with Gasteiger partial charge in [-0.3, -0.25) is 0 Å². The van der Waals surface area contributed by atoms with Gasteiger partial charge in [0, 0.05) is 17.0 Å². The third-order valence-electron chi connectivity index (χ3n) is 3.50. The van der Waals surface area contributed by atoms with Crippen LogP contribution in [0, 0.1) is 27.3 Å². The van der Waals surface area contributed by atoms with Crippen molar-refractivity contribution in [2.24, 2.45) is 5.11 Å². The molecule has 0 bridgehead atoms. The van der Waals surface area contributed by atoms with Gasteiger partial charge in [-0.05, 0) is 29.5 Å². The van der Waals surface area contributed by atoms with Crippen LogP contribution in [0.25, 0.3) is 21.6 Å². The number of azide groups is 1. The fourth-order valence-corrected chi connectivity index (χ4v) is 2.63. The van der Waals surface area contributed by atoms with E-state index in [-0.39, 0.29) is 21.6 Å². The molecule has 0 amide bonds. The maximum atomic E-state index is 9.37. The summed E-state index contributed by atoms with van der Waals surface area (Å²) in [6.07, 6.45) is 1.52. The maximum Gasteiger partial charge on any atom is 0.123 e. The van der Waals surface area contributed by atoms with Crippen LogP contribution in [0.15, 0.2) is 29.4 Å². The predicted molar refractivity (Wildman–Crippen MR) is 93.2 cm³/mol. The highest BCUT2D eigenvalue weighted by Crippen LogP contribution is 2.30. The first-order chi connectivity index (χ1) is 11.6. The van der Waals surface area contributed by atoms with E-state index in [2.05, 4.69) is 15.0 Å². The lowest BCUT2D eigenvalue weighted by Gasteiger charge is -2.10. The number of nitriles is 2. The van der Waals surface area contributed by atoms with E-state index in [9.17, 15) is 10.5 Å². The van der Waals surface area contributed by atoms with Crippen molar-refractivity contribution in [3.8, 4) is 23.3 Å². The second-order valence-electron chi connectivity index (χ2n) is 4.97. The zero-order valence-corrected chi connectivity index (χ0v) is 13.5. The Kier molecular flexibility index (Phi) is 5.54. The van der Waals surface area contributed by atoms with Crippen LogP contribution in [0.1, 0.15) is 23.1 Å². The largest absolute Gasteiger partial charge is 0.384 e. The second kappa shape index (κ2) is 7.80. The summed E-state index contributed by atoms with van der Waals surface area (Å²) in [5.41, 5.74) is 16.7. The summed E-state index contributed by atoms with van der Waals surface area (Å²) in [5.74, 6) is 0.148. The molecule has 24 heavy (non-hydrogen) atoms. The Morgan fingerprint density at radius 3 is 2.46 bits per heavy atom. The van der Waals surface area contributed by atoms with Gasteiger partial charge in [0.1, 0.15) is 28.2 Å². The normalized spacial score (nSPS) is 9.58. The average Bonchev–Trinajstić information content (AvgIpc) is 2.59. The fraction of sp³-hybridized carbons (Fsp3) is 0.188. The van der Waals surface area contributed by atoms with E-state index < -0.39 is 0 Å². The van der Waals surface area contributed by atoms with Crippen molar-refractivity contribution in [2.45, 2.75) is 12.8 Å². The van der Waals surface area contributed by atoms with Crippen molar-refractivity contribution in [3.05, 3.63) is 56.0 Å². The number of benzene rings is 1. The van der Waals surface area contributed by atoms with Gasteiger partial charge in [-0.2, -0.15) is 10.5 Å². The molecule has 8 heteroatoms. The Balaban J connectivity index is 2.43. The van der Waals surface area contributed by atoms with Gasteiger partial charge in [0.05, 0.1) is 5.56 Å². The van der Waals surface area contributed by atoms with E-state index in [1.54, 1.807) is 0 Å². The molecule has 0 radical (unpaired) electrons. The minimum Gasteiger partial charge on any atom is -0.384 e. The number of pyridine rings is 1. The van der Waals surface area contributed by atoms with Gasteiger partial charge in [-0.25, -0.2) is 0 Å². The summed E-state index contributed by atoms with van der Waals surface area (Å²) >= 11 is 5.13. The van der Waals surface area contributed by atoms with E-state index in [1.807, 2.05) is 36.4 Å². The van der Waals surface area contributed by atoms with Crippen LogP contribution in [0.2, 0.25) is 0 Å². The number of hydrogen-bond donors (Lipinski definition) is 2. The molecule has 0 saturated heterocycles. The molecule has 7 nitrogen and oxygen atoms in total. The molecule has 1 heterocycles. The van der Waals surface area contributed by atoms with Gasteiger partial charge in [0.2, 0.25) is 0 Å². The smallest absolute Gasteiger partial charge is 0.123 e. The number of nitrogens with two attached hydrogens (primary N) is 1. The fourth-order valence-electron chi connectivity index (χ4n) is 2.37. The summed E-state index contributed by atoms with van der Waals surface area (Å²) in [5, 5.41) is 22.2. The van der Waals surface area contributed by atoms with E-state index in [0.717, 1.165) is 18.4 Å². The molecule has 0 aliphatic carbocycles. The van der Waals surface area contributed by atoms with Crippen LogP contribution in [0.3, 0.4) is 0 Å². The van der Waals surface area contributed by atoms with Crippen molar-refractivity contribution in [2.75, 3.05) is 12.3 Å². The van der Waals surface area contributed by atoms with Crippen LogP contribution >= 0.6 is 12.2 Å². The molecule has 0 spiro atoms. The van der Waals surface area contributed by atoms with Gasteiger partial charge in [0.15, 0.2) is 0 Å². The van der Waals surface area contributed by atoms with Crippen molar-refractivity contribution in [1.29, 1.82) is 10.5 Å². The number of rotatable bonds is 5. The van der Waals surface area contributed by atoms with Crippen molar-refractivity contribution in [1.82, 2.24) is 4.98 Å². The number of aromatic nitrogens is 1. The number of anilines is 1. The molecule has 2 rings (SSSR count). The minimum absolute atomic E-state index is 0.148. The molecule has 0 atom stereocenters. The molecule has 1 aromatic carbocycles. The first kappa shape index (κ1) is 17.0. The third-order valence-corrected chi connectivity index (χ3v) is 3.80. The van der Waals surface area contributed by atoms with E-state index in [1.165, 1.54) is 0 Å². The maximum absolute atomic E-state index is 9.37. The van der Waals surface area contributed by atoms with Crippen LogP contribution in [0.4, 0.5) is 5.82 Å². The Bertz CT molecular complexity index is 939. The Morgan fingerprint density at radius 1 is 1.21 bits per heavy atom. The van der Waals surface area contributed by atoms with E-state index in [4.69, 9.17) is 23.5 Å². The van der Waals surface area contributed by atoms with Gasteiger partial charge in [-0.15, -0.1) is 0 Å². The summed E-state index contributed by atoms with van der Waals surface area (Å²) in [6.45, 7) is 0.444. The molecule has 1 aromatic heterocycles. The highest BCUT2D eigenvalue weighted by atomic mass is 32.1.